The first kappa shape index (κ1) is 19.9. The highest BCUT2D eigenvalue weighted by Gasteiger charge is 2.21. The van der Waals surface area contributed by atoms with Gasteiger partial charge in [-0.25, -0.2) is 4.98 Å². The van der Waals surface area contributed by atoms with Crippen LogP contribution in [0.15, 0.2) is 52.9 Å². The molecule has 0 spiro atoms. The molecule has 0 radical (unpaired) electrons. The second kappa shape index (κ2) is 9.40. The SMILES string of the molecule is Cc1cccc(OCCCC(=O)N[C@@H](CC(C)C)c2nc3ccccc3o2)c1. The maximum atomic E-state index is 12.5. The van der Waals surface area contributed by atoms with Crippen LogP contribution < -0.4 is 10.1 Å². The Balaban J connectivity index is 1.54. The minimum atomic E-state index is -0.224. The number of nitrogens with one attached hydrogen (secondary N) is 1. The van der Waals surface area contributed by atoms with Gasteiger partial charge in [-0.05, 0) is 55.5 Å². The maximum absolute atomic E-state index is 12.5. The summed E-state index contributed by atoms with van der Waals surface area (Å²) in [5.74, 6) is 1.80. The van der Waals surface area contributed by atoms with Crippen molar-refractivity contribution in [1.82, 2.24) is 10.3 Å². The average molecular weight is 380 g/mol. The lowest BCUT2D eigenvalue weighted by molar-refractivity contribution is -0.122. The maximum Gasteiger partial charge on any atom is 0.220 e. The number of aryl methyl sites for hydroxylation is 1. The van der Waals surface area contributed by atoms with Crippen LogP contribution in [0.5, 0.6) is 5.75 Å². The van der Waals surface area contributed by atoms with Crippen molar-refractivity contribution in [2.24, 2.45) is 5.92 Å². The van der Waals surface area contributed by atoms with Gasteiger partial charge in [0.25, 0.3) is 0 Å². The van der Waals surface area contributed by atoms with E-state index in [0.717, 1.165) is 28.8 Å². The zero-order valence-corrected chi connectivity index (χ0v) is 16.8. The lowest BCUT2D eigenvalue weighted by atomic mass is 10.0. The number of hydrogen-bond donors (Lipinski definition) is 1. The van der Waals surface area contributed by atoms with Gasteiger partial charge in [-0.2, -0.15) is 0 Å². The van der Waals surface area contributed by atoms with E-state index in [1.54, 1.807) is 0 Å². The first-order valence-electron chi connectivity index (χ1n) is 9.85. The molecule has 0 aliphatic rings. The van der Waals surface area contributed by atoms with Gasteiger partial charge in [0, 0.05) is 6.42 Å². The predicted molar refractivity (Wildman–Crippen MR) is 110 cm³/mol. The molecule has 0 saturated carbocycles. The summed E-state index contributed by atoms with van der Waals surface area (Å²) in [7, 11) is 0. The van der Waals surface area contributed by atoms with Crippen molar-refractivity contribution in [2.45, 2.75) is 46.1 Å². The summed E-state index contributed by atoms with van der Waals surface area (Å²) < 4.78 is 11.6. The second-order valence-electron chi connectivity index (χ2n) is 7.54. The third-order valence-electron chi connectivity index (χ3n) is 4.46. The summed E-state index contributed by atoms with van der Waals surface area (Å²) >= 11 is 0. The number of rotatable bonds is 9. The van der Waals surface area contributed by atoms with E-state index >= 15 is 0 Å². The van der Waals surface area contributed by atoms with Gasteiger partial charge in [-0.3, -0.25) is 4.79 Å². The molecule has 0 bridgehead atoms. The van der Waals surface area contributed by atoms with Crippen molar-refractivity contribution >= 4 is 17.0 Å². The van der Waals surface area contributed by atoms with Crippen molar-refractivity contribution in [3.05, 3.63) is 60.0 Å². The molecule has 0 aliphatic heterocycles. The highest BCUT2D eigenvalue weighted by atomic mass is 16.5. The minimum Gasteiger partial charge on any atom is -0.494 e. The van der Waals surface area contributed by atoms with Crippen LogP contribution in [0.4, 0.5) is 0 Å². The van der Waals surface area contributed by atoms with E-state index in [0.29, 0.717) is 31.3 Å². The molecule has 0 aliphatic carbocycles. The molecule has 5 nitrogen and oxygen atoms in total. The fraction of sp³-hybridized carbons (Fsp3) is 0.391. The molecular formula is C23H28N2O3. The quantitative estimate of drug-likeness (QED) is 0.518. The molecule has 2 aromatic carbocycles. The van der Waals surface area contributed by atoms with Crippen molar-refractivity contribution < 1.29 is 13.9 Å². The van der Waals surface area contributed by atoms with Gasteiger partial charge < -0.3 is 14.5 Å². The van der Waals surface area contributed by atoms with Crippen LogP contribution in [-0.4, -0.2) is 17.5 Å². The van der Waals surface area contributed by atoms with Gasteiger partial charge in [0.2, 0.25) is 11.8 Å². The molecular weight excluding hydrogens is 352 g/mol. The Bertz CT molecular complexity index is 884. The van der Waals surface area contributed by atoms with Crippen LogP contribution in [0, 0.1) is 12.8 Å². The molecule has 1 aromatic heterocycles. The summed E-state index contributed by atoms with van der Waals surface area (Å²) in [6.07, 6.45) is 1.83. The molecule has 148 valence electrons. The van der Waals surface area contributed by atoms with Crippen LogP contribution in [0.2, 0.25) is 0 Å². The summed E-state index contributed by atoms with van der Waals surface area (Å²) in [4.78, 5) is 17.0. The van der Waals surface area contributed by atoms with Gasteiger partial charge in [-0.15, -0.1) is 0 Å². The fourth-order valence-corrected chi connectivity index (χ4v) is 3.13. The second-order valence-corrected chi connectivity index (χ2v) is 7.54. The van der Waals surface area contributed by atoms with Crippen LogP contribution in [0.1, 0.15) is 50.6 Å². The normalized spacial score (nSPS) is 12.3. The van der Waals surface area contributed by atoms with E-state index in [9.17, 15) is 4.79 Å². The van der Waals surface area contributed by atoms with E-state index < -0.39 is 0 Å². The average Bonchev–Trinajstić information content (AvgIpc) is 3.09. The van der Waals surface area contributed by atoms with Gasteiger partial charge in [-0.1, -0.05) is 38.1 Å². The molecule has 0 fully saturated rings. The van der Waals surface area contributed by atoms with Gasteiger partial charge >= 0.3 is 0 Å². The van der Waals surface area contributed by atoms with Gasteiger partial charge in [0.15, 0.2) is 5.58 Å². The number of nitrogens with zero attached hydrogens (tertiary/aromatic N) is 1. The zero-order valence-electron chi connectivity index (χ0n) is 16.8. The molecule has 28 heavy (non-hydrogen) atoms. The predicted octanol–water partition coefficient (Wildman–Crippen LogP) is 5.20. The van der Waals surface area contributed by atoms with Crippen LogP contribution in [0.3, 0.4) is 0 Å². The summed E-state index contributed by atoms with van der Waals surface area (Å²) in [6, 6.07) is 15.3. The Labute approximate surface area is 166 Å². The Morgan fingerprint density at radius 2 is 2.00 bits per heavy atom. The third kappa shape index (κ3) is 5.59. The van der Waals surface area contributed by atoms with E-state index in [1.165, 1.54) is 0 Å². The number of amides is 1. The number of fused-ring (bicyclic) bond motifs is 1. The Hall–Kier alpha value is -2.82. The molecule has 1 N–H and O–H groups in total. The highest BCUT2D eigenvalue weighted by molar-refractivity contribution is 5.76. The summed E-state index contributed by atoms with van der Waals surface area (Å²) in [5, 5.41) is 3.08. The first-order valence-corrected chi connectivity index (χ1v) is 9.85. The largest absolute Gasteiger partial charge is 0.494 e. The topological polar surface area (TPSA) is 64.4 Å². The van der Waals surface area contributed by atoms with Crippen LogP contribution in [0.25, 0.3) is 11.1 Å². The van der Waals surface area contributed by atoms with Crippen LogP contribution >= 0.6 is 0 Å². The van der Waals surface area contributed by atoms with E-state index in [1.807, 2.05) is 55.5 Å². The number of carbonyl (C=O) groups excluding carboxylic acids is 1. The monoisotopic (exact) mass is 380 g/mol. The summed E-state index contributed by atoms with van der Waals surface area (Å²) in [6.45, 7) is 6.78. The number of para-hydroxylation sites is 2. The molecule has 0 unspecified atom stereocenters. The summed E-state index contributed by atoms with van der Waals surface area (Å²) in [5.41, 5.74) is 2.71. The first-order chi connectivity index (χ1) is 13.5. The van der Waals surface area contributed by atoms with E-state index in [2.05, 4.69) is 24.1 Å². The van der Waals surface area contributed by atoms with E-state index in [4.69, 9.17) is 9.15 Å². The Kier molecular flexibility index (Phi) is 6.69. The number of aromatic nitrogens is 1. The van der Waals surface area contributed by atoms with E-state index in [-0.39, 0.29) is 11.9 Å². The molecule has 3 aromatic rings. The van der Waals surface area contributed by atoms with Crippen LogP contribution in [-0.2, 0) is 4.79 Å². The smallest absolute Gasteiger partial charge is 0.220 e. The molecule has 3 rings (SSSR count). The molecule has 5 heteroatoms. The number of hydrogen-bond acceptors (Lipinski definition) is 4. The number of benzene rings is 2. The third-order valence-corrected chi connectivity index (χ3v) is 4.46. The lowest BCUT2D eigenvalue weighted by Gasteiger charge is -2.17. The molecule has 1 atom stereocenters. The number of ether oxygens (including phenoxy) is 1. The fourth-order valence-electron chi connectivity index (χ4n) is 3.13. The van der Waals surface area contributed by atoms with Crippen molar-refractivity contribution in [1.29, 1.82) is 0 Å². The standard InChI is InChI=1S/C23H28N2O3/c1-16(2)14-20(23-25-19-10-4-5-11-21(19)28-23)24-22(26)12-7-13-27-18-9-6-8-17(3)15-18/h4-6,8-11,15-16,20H,7,12-14H2,1-3H3,(H,24,26)/t20-/m0/s1. The number of oxazole rings is 1. The Morgan fingerprint density at radius 1 is 1.18 bits per heavy atom. The van der Waals surface area contributed by atoms with Crippen molar-refractivity contribution in [3.8, 4) is 5.75 Å². The lowest BCUT2D eigenvalue weighted by Crippen LogP contribution is -2.29. The molecule has 1 amide bonds. The van der Waals surface area contributed by atoms with Gasteiger partial charge in [0.05, 0.1) is 6.61 Å². The van der Waals surface area contributed by atoms with Crippen molar-refractivity contribution in [3.63, 3.8) is 0 Å². The Morgan fingerprint density at radius 3 is 2.75 bits per heavy atom. The zero-order chi connectivity index (χ0) is 19.9. The highest BCUT2D eigenvalue weighted by Crippen LogP contribution is 2.25. The minimum absolute atomic E-state index is 0.0132. The van der Waals surface area contributed by atoms with Gasteiger partial charge in [0.1, 0.15) is 17.3 Å². The van der Waals surface area contributed by atoms with Crippen molar-refractivity contribution in [2.75, 3.05) is 6.61 Å². The molecule has 0 saturated heterocycles. The number of carbonyl (C=O) groups is 1. The molecule has 1 heterocycles.